The Morgan fingerprint density at radius 3 is 2.91 bits per heavy atom. The second kappa shape index (κ2) is 7.13. The molecule has 5 heteroatoms. The number of hydrogen-bond acceptors (Lipinski definition) is 4. The second-order valence-electron chi connectivity index (χ2n) is 6.12. The number of ether oxygens (including phenoxy) is 1. The molecule has 2 aromatic rings. The van der Waals surface area contributed by atoms with Crippen LogP contribution in [0.3, 0.4) is 0 Å². The third-order valence-corrected chi connectivity index (χ3v) is 5.20. The minimum atomic E-state index is 0.123. The normalized spacial score (nSPS) is 18.0. The summed E-state index contributed by atoms with van der Waals surface area (Å²) in [5, 5.41) is 0.847. The minimum absolute atomic E-state index is 0.123. The number of aromatic nitrogens is 1. The molecule has 1 aromatic heterocycles. The third kappa shape index (κ3) is 3.91. The highest BCUT2D eigenvalue weighted by molar-refractivity contribution is 7.13. The summed E-state index contributed by atoms with van der Waals surface area (Å²) in [7, 11) is 0. The molecule has 23 heavy (non-hydrogen) atoms. The summed E-state index contributed by atoms with van der Waals surface area (Å²) in [6.45, 7) is 6.23. The zero-order valence-corrected chi connectivity index (χ0v) is 14.4. The summed E-state index contributed by atoms with van der Waals surface area (Å²) >= 11 is 1.45. The Morgan fingerprint density at radius 1 is 1.39 bits per heavy atom. The van der Waals surface area contributed by atoms with E-state index in [-0.39, 0.29) is 5.91 Å². The molecule has 2 heterocycles. The lowest BCUT2D eigenvalue weighted by molar-refractivity contribution is 0.0687. The fourth-order valence-electron chi connectivity index (χ4n) is 2.89. The summed E-state index contributed by atoms with van der Waals surface area (Å²) in [6, 6.07) is 9.67. The highest BCUT2D eigenvalue weighted by Crippen LogP contribution is 2.24. The van der Waals surface area contributed by atoms with Crippen LogP contribution >= 0.6 is 11.3 Å². The SMILES string of the molecule is Cc1nc(COc2ccccc2)sc1C(=O)N1CCCC(C)C1. The molecule has 0 bridgehead atoms. The Hall–Kier alpha value is -1.88. The van der Waals surface area contributed by atoms with E-state index >= 15 is 0 Å². The minimum Gasteiger partial charge on any atom is -0.486 e. The van der Waals surface area contributed by atoms with Crippen LogP contribution in [-0.2, 0) is 6.61 Å². The number of benzene rings is 1. The van der Waals surface area contributed by atoms with Crippen LogP contribution < -0.4 is 4.74 Å². The standard InChI is InChI=1S/C18H22N2O2S/c1-13-7-6-10-20(11-13)18(21)17-14(2)19-16(23-17)12-22-15-8-4-3-5-9-15/h3-5,8-9,13H,6-7,10-12H2,1-2H3. The van der Waals surface area contributed by atoms with Gasteiger partial charge >= 0.3 is 0 Å². The number of likely N-dealkylation sites (tertiary alicyclic amines) is 1. The van der Waals surface area contributed by atoms with Gasteiger partial charge in [0.25, 0.3) is 5.91 Å². The van der Waals surface area contributed by atoms with E-state index in [1.54, 1.807) is 0 Å². The van der Waals surface area contributed by atoms with Gasteiger partial charge in [-0.3, -0.25) is 4.79 Å². The second-order valence-corrected chi connectivity index (χ2v) is 7.21. The molecule has 0 spiro atoms. The Balaban J connectivity index is 1.67. The summed E-state index contributed by atoms with van der Waals surface area (Å²) < 4.78 is 5.73. The molecule has 1 atom stereocenters. The maximum atomic E-state index is 12.7. The maximum absolute atomic E-state index is 12.7. The van der Waals surface area contributed by atoms with E-state index < -0.39 is 0 Å². The topological polar surface area (TPSA) is 42.4 Å². The van der Waals surface area contributed by atoms with Crippen molar-refractivity contribution < 1.29 is 9.53 Å². The first-order valence-corrected chi connectivity index (χ1v) is 8.88. The lowest BCUT2D eigenvalue weighted by Gasteiger charge is -2.30. The van der Waals surface area contributed by atoms with E-state index in [4.69, 9.17) is 4.74 Å². The van der Waals surface area contributed by atoms with Crippen LogP contribution in [0.1, 0.15) is 40.1 Å². The molecule has 0 saturated carbocycles. The van der Waals surface area contributed by atoms with Gasteiger partial charge in [-0.15, -0.1) is 11.3 Å². The van der Waals surface area contributed by atoms with Gasteiger partial charge in [0.1, 0.15) is 22.2 Å². The van der Waals surface area contributed by atoms with Crippen LogP contribution in [0.2, 0.25) is 0 Å². The fourth-order valence-corrected chi connectivity index (χ4v) is 3.84. The number of para-hydroxylation sites is 1. The van der Waals surface area contributed by atoms with Gasteiger partial charge in [-0.1, -0.05) is 25.1 Å². The van der Waals surface area contributed by atoms with E-state index in [2.05, 4.69) is 11.9 Å². The average molecular weight is 330 g/mol. The number of aryl methyl sites for hydroxylation is 1. The Morgan fingerprint density at radius 2 is 2.17 bits per heavy atom. The van der Waals surface area contributed by atoms with Gasteiger partial charge in [0.15, 0.2) is 0 Å². The molecule has 3 rings (SSSR count). The van der Waals surface area contributed by atoms with Crippen molar-refractivity contribution in [2.75, 3.05) is 13.1 Å². The van der Waals surface area contributed by atoms with Crippen molar-refractivity contribution in [3.05, 3.63) is 45.9 Å². The third-order valence-electron chi connectivity index (χ3n) is 4.08. The lowest BCUT2D eigenvalue weighted by atomic mass is 10.0. The Kier molecular flexibility index (Phi) is 4.96. The number of amides is 1. The van der Waals surface area contributed by atoms with Crippen molar-refractivity contribution >= 4 is 17.2 Å². The van der Waals surface area contributed by atoms with Gasteiger partial charge in [-0.2, -0.15) is 0 Å². The van der Waals surface area contributed by atoms with Crippen LogP contribution in [0, 0.1) is 12.8 Å². The summed E-state index contributed by atoms with van der Waals surface area (Å²) in [5.74, 6) is 1.53. The summed E-state index contributed by atoms with van der Waals surface area (Å²) in [4.78, 5) is 19.9. The van der Waals surface area contributed by atoms with Gasteiger partial charge < -0.3 is 9.64 Å². The average Bonchev–Trinajstić information content (AvgIpc) is 2.94. The molecular formula is C18H22N2O2S. The predicted octanol–water partition coefficient (Wildman–Crippen LogP) is 3.90. The quantitative estimate of drug-likeness (QED) is 0.854. The number of carbonyl (C=O) groups is 1. The first-order valence-electron chi connectivity index (χ1n) is 8.07. The molecule has 4 nitrogen and oxygen atoms in total. The molecule has 0 aliphatic carbocycles. The molecule has 1 amide bonds. The predicted molar refractivity (Wildman–Crippen MR) is 91.9 cm³/mol. The highest BCUT2D eigenvalue weighted by atomic mass is 32.1. The molecule has 1 unspecified atom stereocenters. The highest BCUT2D eigenvalue weighted by Gasteiger charge is 2.25. The first-order chi connectivity index (χ1) is 11.1. The van der Waals surface area contributed by atoms with E-state index in [1.165, 1.54) is 17.8 Å². The van der Waals surface area contributed by atoms with Crippen LogP contribution in [-0.4, -0.2) is 28.9 Å². The molecule has 1 aliphatic rings. The number of nitrogens with zero attached hydrogens (tertiary/aromatic N) is 2. The number of carbonyl (C=O) groups excluding carboxylic acids is 1. The van der Waals surface area contributed by atoms with Crippen molar-refractivity contribution in [2.24, 2.45) is 5.92 Å². The lowest BCUT2D eigenvalue weighted by Crippen LogP contribution is -2.39. The van der Waals surface area contributed by atoms with Crippen LogP contribution in [0.5, 0.6) is 5.75 Å². The van der Waals surface area contributed by atoms with E-state index in [0.29, 0.717) is 12.5 Å². The maximum Gasteiger partial charge on any atom is 0.265 e. The molecule has 1 saturated heterocycles. The van der Waals surface area contributed by atoms with Crippen molar-refractivity contribution in [1.29, 1.82) is 0 Å². The van der Waals surface area contributed by atoms with Gasteiger partial charge in [0.05, 0.1) is 5.69 Å². The van der Waals surface area contributed by atoms with Gasteiger partial charge in [0.2, 0.25) is 0 Å². The monoisotopic (exact) mass is 330 g/mol. The van der Waals surface area contributed by atoms with Crippen molar-refractivity contribution in [3.63, 3.8) is 0 Å². The molecule has 1 aliphatic heterocycles. The summed E-state index contributed by atoms with van der Waals surface area (Å²) in [6.07, 6.45) is 2.30. The van der Waals surface area contributed by atoms with Crippen LogP contribution in [0.15, 0.2) is 30.3 Å². The zero-order chi connectivity index (χ0) is 16.2. The van der Waals surface area contributed by atoms with Gasteiger partial charge in [-0.05, 0) is 37.8 Å². The number of hydrogen-bond donors (Lipinski definition) is 0. The Labute approximate surface area is 141 Å². The van der Waals surface area contributed by atoms with Crippen molar-refractivity contribution in [3.8, 4) is 5.75 Å². The number of thiazole rings is 1. The van der Waals surface area contributed by atoms with Gasteiger partial charge in [0, 0.05) is 13.1 Å². The van der Waals surface area contributed by atoms with Crippen molar-refractivity contribution in [2.45, 2.75) is 33.3 Å². The van der Waals surface area contributed by atoms with E-state index in [0.717, 1.165) is 40.8 Å². The smallest absolute Gasteiger partial charge is 0.265 e. The fraction of sp³-hybridized carbons (Fsp3) is 0.444. The molecule has 122 valence electrons. The zero-order valence-electron chi connectivity index (χ0n) is 13.6. The van der Waals surface area contributed by atoms with Crippen LogP contribution in [0.25, 0.3) is 0 Å². The van der Waals surface area contributed by atoms with E-state index in [1.807, 2.05) is 42.2 Å². The molecule has 0 N–H and O–H groups in total. The molecule has 1 aromatic carbocycles. The molecular weight excluding hydrogens is 308 g/mol. The van der Waals surface area contributed by atoms with Crippen molar-refractivity contribution in [1.82, 2.24) is 9.88 Å². The van der Waals surface area contributed by atoms with Crippen LogP contribution in [0.4, 0.5) is 0 Å². The van der Waals surface area contributed by atoms with E-state index in [9.17, 15) is 4.79 Å². The number of rotatable bonds is 4. The largest absolute Gasteiger partial charge is 0.486 e. The first kappa shape index (κ1) is 16.0. The Bertz CT molecular complexity index is 669. The number of piperidine rings is 1. The van der Waals surface area contributed by atoms with Gasteiger partial charge in [-0.25, -0.2) is 4.98 Å². The molecule has 1 fully saturated rings. The summed E-state index contributed by atoms with van der Waals surface area (Å²) in [5.41, 5.74) is 0.810. The molecule has 0 radical (unpaired) electrons.